The summed E-state index contributed by atoms with van der Waals surface area (Å²) in [5.41, 5.74) is 2.62. The average molecular weight is 435 g/mol. The fourth-order valence-electron chi connectivity index (χ4n) is 5.88. The second kappa shape index (κ2) is 10.4. The van der Waals surface area contributed by atoms with Crippen molar-refractivity contribution in [2.24, 2.45) is 29.6 Å². The molecule has 2 N–H and O–H groups in total. The smallest absolute Gasteiger partial charge is 0.407 e. The summed E-state index contributed by atoms with van der Waals surface area (Å²) >= 11 is 0. The van der Waals surface area contributed by atoms with Gasteiger partial charge in [-0.1, -0.05) is 68.3 Å². The van der Waals surface area contributed by atoms with Gasteiger partial charge in [0.25, 0.3) is 0 Å². The third-order valence-electron chi connectivity index (χ3n) is 7.73. The highest BCUT2D eigenvalue weighted by Gasteiger charge is 2.40. The van der Waals surface area contributed by atoms with Crippen molar-refractivity contribution in [3.63, 3.8) is 0 Å². The van der Waals surface area contributed by atoms with Crippen molar-refractivity contribution in [3.05, 3.63) is 54.1 Å². The van der Waals surface area contributed by atoms with Crippen LogP contribution in [0.25, 0.3) is 10.8 Å². The lowest BCUT2D eigenvalue weighted by molar-refractivity contribution is 0.0493. The Bertz CT molecular complexity index is 948. The number of allylic oxidation sites excluding steroid dienone is 2. The predicted octanol–water partition coefficient (Wildman–Crippen LogP) is 6.63. The predicted molar refractivity (Wildman–Crippen MR) is 133 cm³/mol. The van der Waals surface area contributed by atoms with E-state index in [9.17, 15) is 4.79 Å². The number of hydrogen-bond donors (Lipinski definition) is 2. The molecule has 0 bridgehead atoms. The van der Waals surface area contributed by atoms with Gasteiger partial charge in [0.15, 0.2) is 0 Å². The van der Waals surface area contributed by atoms with Gasteiger partial charge in [-0.3, -0.25) is 0 Å². The van der Waals surface area contributed by atoms with Crippen molar-refractivity contribution in [2.45, 2.75) is 46.5 Å². The summed E-state index contributed by atoms with van der Waals surface area (Å²) in [6.45, 7) is 8.64. The molecule has 1 amide bonds. The summed E-state index contributed by atoms with van der Waals surface area (Å²) < 4.78 is 5.61. The summed E-state index contributed by atoms with van der Waals surface area (Å²) in [5.74, 6) is 3.27. The van der Waals surface area contributed by atoms with E-state index in [4.69, 9.17) is 4.74 Å². The van der Waals surface area contributed by atoms with Crippen molar-refractivity contribution in [2.75, 3.05) is 25.0 Å². The zero-order valence-corrected chi connectivity index (χ0v) is 19.8. The van der Waals surface area contributed by atoms with Crippen LogP contribution in [0.5, 0.6) is 0 Å². The molecule has 5 atom stereocenters. The van der Waals surface area contributed by atoms with E-state index in [1.807, 2.05) is 18.2 Å². The van der Waals surface area contributed by atoms with Crippen LogP contribution in [0.2, 0.25) is 0 Å². The van der Waals surface area contributed by atoms with Crippen LogP contribution in [0.1, 0.15) is 46.5 Å². The molecule has 0 aromatic heterocycles. The number of carbonyl (C=O) groups is 1. The number of hydrogen-bond acceptors (Lipinski definition) is 3. The Morgan fingerprint density at radius 3 is 2.78 bits per heavy atom. The van der Waals surface area contributed by atoms with Crippen LogP contribution in [0.4, 0.5) is 10.5 Å². The van der Waals surface area contributed by atoms with Crippen molar-refractivity contribution < 1.29 is 9.53 Å². The minimum atomic E-state index is -0.312. The quantitative estimate of drug-likeness (QED) is 0.380. The van der Waals surface area contributed by atoms with E-state index >= 15 is 0 Å². The first-order valence-electron chi connectivity index (χ1n) is 12.3. The van der Waals surface area contributed by atoms with E-state index in [0.717, 1.165) is 17.5 Å². The summed E-state index contributed by atoms with van der Waals surface area (Å²) in [6.07, 6.45) is 7.33. The van der Waals surface area contributed by atoms with Gasteiger partial charge in [0.1, 0.15) is 0 Å². The Morgan fingerprint density at radius 2 is 1.91 bits per heavy atom. The molecule has 2 aliphatic carbocycles. The van der Waals surface area contributed by atoms with Gasteiger partial charge in [-0.2, -0.15) is 0 Å². The minimum Gasteiger partial charge on any atom is -0.449 e. The molecule has 1 saturated carbocycles. The molecule has 4 nitrogen and oxygen atoms in total. The molecule has 0 heterocycles. The highest BCUT2D eigenvalue weighted by molar-refractivity contribution is 5.93. The molecule has 5 unspecified atom stereocenters. The third-order valence-corrected chi connectivity index (χ3v) is 7.73. The molecule has 0 radical (unpaired) electrons. The van der Waals surface area contributed by atoms with Crippen LogP contribution < -0.4 is 10.6 Å². The molecular weight excluding hydrogens is 396 g/mol. The lowest BCUT2D eigenvalue weighted by atomic mass is 9.60. The Morgan fingerprint density at radius 1 is 1.09 bits per heavy atom. The molecule has 2 aromatic carbocycles. The molecule has 0 saturated heterocycles. The second-order valence-electron chi connectivity index (χ2n) is 9.97. The summed E-state index contributed by atoms with van der Waals surface area (Å²) in [7, 11) is 0. The third kappa shape index (κ3) is 5.28. The lowest BCUT2D eigenvalue weighted by Gasteiger charge is -2.45. The summed E-state index contributed by atoms with van der Waals surface area (Å²) in [4.78, 5) is 12.3. The standard InChI is InChI=1S/C28H38N2O2/c1-19-11-13-23-20(2)12-14-24(26(23)17-19)21(3)18-32-28(31)30-16-15-29-27-10-6-8-22-7-4-5-9-25(22)27/h4-10,17,20-21,23-24,26,29H,11-16,18H2,1-3H3,(H,30,31). The molecule has 0 spiro atoms. The number of rotatable bonds is 7. The van der Waals surface area contributed by atoms with Gasteiger partial charge in [0.2, 0.25) is 0 Å². The topological polar surface area (TPSA) is 50.4 Å². The number of alkyl carbamates (subject to hydrolysis) is 1. The normalized spacial score (nSPS) is 26.0. The minimum absolute atomic E-state index is 0.312. The van der Waals surface area contributed by atoms with E-state index in [1.54, 1.807) is 0 Å². The Hall–Kier alpha value is -2.49. The van der Waals surface area contributed by atoms with Crippen LogP contribution in [-0.4, -0.2) is 25.8 Å². The molecule has 0 aliphatic heterocycles. The SMILES string of the molecule is CC1=CC2C(CC1)C(C)CCC2C(C)COC(=O)NCCNc1cccc2ccccc12. The number of nitrogens with one attached hydrogen (secondary N) is 2. The first-order chi connectivity index (χ1) is 15.5. The highest BCUT2D eigenvalue weighted by Crippen LogP contribution is 2.47. The average Bonchev–Trinajstić information content (AvgIpc) is 2.80. The van der Waals surface area contributed by atoms with Crippen molar-refractivity contribution in [3.8, 4) is 0 Å². The van der Waals surface area contributed by atoms with Gasteiger partial charge in [0.05, 0.1) is 6.61 Å². The fourth-order valence-corrected chi connectivity index (χ4v) is 5.88. The number of ether oxygens (including phenoxy) is 1. The maximum atomic E-state index is 12.3. The fraction of sp³-hybridized carbons (Fsp3) is 0.536. The van der Waals surface area contributed by atoms with Crippen LogP contribution in [0.3, 0.4) is 0 Å². The summed E-state index contributed by atoms with van der Waals surface area (Å²) in [5, 5.41) is 8.72. The Kier molecular flexibility index (Phi) is 7.39. The second-order valence-corrected chi connectivity index (χ2v) is 9.97. The molecule has 4 rings (SSSR count). The highest BCUT2D eigenvalue weighted by atomic mass is 16.5. The first-order valence-corrected chi connectivity index (χ1v) is 12.3. The Balaban J connectivity index is 1.21. The lowest BCUT2D eigenvalue weighted by Crippen LogP contribution is -2.39. The summed E-state index contributed by atoms with van der Waals surface area (Å²) in [6, 6.07) is 14.5. The van der Waals surface area contributed by atoms with E-state index in [2.05, 4.69) is 61.7 Å². The van der Waals surface area contributed by atoms with E-state index in [0.29, 0.717) is 37.5 Å². The monoisotopic (exact) mass is 434 g/mol. The van der Waals surface area contributed by atoms with E-state index in [1.165, 1.54) is 42.0 Å². The van der Waals surface area contributed by atoms with Gasteiger partial charge in [-0.05, 0) is 67.2 Å². The largest absolute Gasteiger partial charge is 0.449 e. The molecule has 2 aliphatic rings. The van der Waals surface area contributed by atoms with Crippen molar-refractivity contribution in [1.82, 2.24) is 5.32 Å². The maximum Gasteiger partial charge on any atom is 0.407 e. The Labute approximate surface area is 192 Å². The van der Waals surface area contributed by atoms with Crippen LogP contribution in [0.15, 0.2) is 54.1 Å². The van der Waals surface area contributed by atoms with Gasteiger partial charge in [-0.25, -0.2) is 4.79 Å². The maximum absolute atomic E-state index is 12.3. The van der Waals surface area contributed by atoms with Crippen LogP contribution in [0, 0.1) is 29.6 Å². The zero-order chi connectivity index (χ0) is 22.5. The number of anilines is 1. The zero-order valence-electron chi connectivity index (χ0n) is 19.8. The molecular formula is C28H38N2O2. The number of carbonyl (C=O) groups excluding carboxylic acids is 1. The molecule has 32 heavy (non-hydrogen) atoms. The van der Waals surface area contributed by atoms with Gasteiger partial charge < -0.3 is 15.4 Å². The van der Waals surface area contributed by atoms with Crippen LogP contribution in [-0.2, 0) is 4.74 Å². The van der Waals surface area contributed by atoms with Crippen LogP contribution >= 0.6 is 0 Å². The number of benzene rings is 2. The van der Waals surface area contributed by atoms with Gasteiger partial charge >= 0.3 is 6.09 Å². The van der Waals surface area contributed by atoms with Crippen molar-refractivity contribution in [1.29, 1.82) is 0 Å². The molecule has 2 aromatic rings. The first kappa shape index (κ1) is 22.7. The van der Waals surface area contributed by atoms with E-state index < -0.39 is 0 Å². The van der Waals surface area contributed by atoms with Gasteiger partial charge in [0, 0.05) is 24.2 Å². The molecule has 172 valence electrons. The molecule has 4 heteroatoms. The van der Waals surface area contributed by atoms with Crippen molar-refractivity contribution >= 4 is 22.6 Å². The van der Waals surface area contributed by atoms with E-state index in [-0.39, 0.29) is 6.09 Å². The number of amides is 1. The number of fused-ring (bicyclic) bond motifs is 2. The molecule has 1 fully saturated rings. The van der Waals surface area contributed by atoms with Gasteiger partial charge in [-0.15, -0.1) is 0 Å².